The van der Waals surface area contributed by atoms with Gasteiger partial charge in [-0.2, -0.15) is 0 Å². The summed E-state index contributed by atoms with van der Waals surface area (Å²) in [6.07, 6.45) is 0. The number of pyridine rings is 1. The van der Waals surface area contributed by atoms with Gasteiger partial charge in [-0.3, -0.25) is 4.98 Å². The number of hydrogen-bond acceptors (Lipinski definition) is 2. The average molecular weight is 276 g/mol. The Kier molecular flexibility index (Phi) is 4.45. The Labute approximate surface area is 117 Å². The number of hydrogen-bond donors (Lipinski definition) is 1. The summed E-state index contributed by atoms with van der Waals surface area (Å²) in [5.41, 5.74) is 3.50. The van der Waals surface area contributed by atoms with Crippen molar-refractivity contribution in [1.29, 1.82) is 0 Å². The molecule has 106 valence electrons. The van der Waals surface area contributed by atoms with Gasteiger partial charge in [0, 0.05) is 11.4 Å². The normalized spacial score (nSPS) is 12.4. The standard InChI is InChI=1S/C16H18F2N2/c1-4-19-16(12-6-8-14(17)15(18)9-12)13-7-5-10(2)20-11(13)3/h5-9,16,19H,4H2,1-3H3. The topological polar surface area (TPSA) is 24.9 Å². The van der Waals surface area contributed by atoms with Crippen LogP contribution in [0.4, 0.5) is 8.78 Å². The van der Waals surface area contributed by atoms with Crippen molar-refractivity contribution >= 4 is 0 Å². The lowest BCUT2D eigenvalue weighted by atomic mass is 9.97. The molecule has 2 aromatic rings. The molecule has 1 aromatic heterocycles. The third kappa shape index (κ3) is 3.02. The number of nitrogens with zero attached hydrogens (tertiary/aromatic N) is 1. The highest BCUT2D eigenvalue weighted by Gasteiger charge is 2.17. The first kappa shape index (κ1) is 14.6. The number of halogens is 2. The van der Waals surface area contributed by atoms with Crippen LogP contribution in [0, 0.1) is 25.5 Å². The van der Waals surface area contributed by atoms with Gasteiger partial charge in [-0.05, 0) is 49.7 Å². The van der Waals surface area contributed by atoms with Crippen LogP contribution >= 0.6 is 0 Å². The van der Waals surface area contributed by atoms with Crippen LogP contribution in [0.25, 0.3) is 0 Å². The molecule has 1 unspecified atom stereocenters. The zero-order valence-electron chi connectivity index (χ0n) is 11.9. The smallest absolute Gasteiger partial charge is 0.159 e. The van der Waals surface area contributed by atoms with Crippen molar-refractivity contribution in [1.82, 2.24) is 10.3 Å². The Morgan fingerprint density at radius 3 is 2.45 bits per heavy atom. The van der Waals surface area contributed by atoms with E-state index in [1.54, 1.807) is 6.07 Å². The van der Waals surface area contributed by atoms with Crippen LogP contribution in [-0.2, 0) is 0 Å². The van der Waals surface area contributed by atoms with Crippen LogP contribution in [-0.4, -0.2) is 11.5 Å². The minimum Gasteiger partial charge on any atom is -0.306 e. The number of benzene rings is 1. The van der Waals surface area contributed by atoms with Crippen LogP contribution in [0.3, 0.4) is 0 Å². The second-order valence-electron chi connectivity index (χ2n) is 4.79. The molecule has 0 fully saturated rings. The lowest BCUT2D eigenvalue weighted by molar-refractivity contribution is 0.503. The molecule has 1 aromatic carbocycles. The second-order valence-corrected chi connectivity index (χ2v) is 4.79. The summed E-state index contributed by atoms with van der Waals surface area (Å²) in [5.74, 6) is -1.66. The zero-order valence-corrected chi connectivity index (χ0v) is 11.9. The maximum absolute atomic E-state index is 13.4. The number of rotatable bonds is 4. The highest BCUT2D eigenvalue weighted by molar-refractivity contribution is 5.35. The van der Waals surface area contributed by atoms with Crippen molar-refractivity contribution in [2.75, 3.05) is 6.54 Å². The summed E-state index contributed by atoms with van der Waals surface area (Å²) in [7, 11) is 0. The van der Waals surface area contributed by atoms with Crippen LogP contribution in [0.15, 0.2) is 30.3 Å². The van der Waals surface area contributed by atoms with Gasteiger partial charge in [-0.1, -0.05) is 19.1 Å². The first-order valence-electron chi connectivity index (χ1n) is 6.65. The van der Waals surface area contributed by atoms with Crippen LogP contribution < -0.4 is 5.32 Å². The summed E-state index contributed by atoms with van der Waals surface area (Å²) in [6, 6.07) is 7.71. The molecule has 0 aliphatic heterocycles. The van der Waals surface area contributed by atoms with Gasteiger partial charge >= 0.3 is 0 Å². The summed E-state index contributed by atoms with van der Waals surface area (Å²) in [5, 5.41) is 3.29. The Hall–Kier alpha value is -1.81. The maximum Gasteiger partial charge on any atom is 0.159 e. The van der Waals surface area contributed by atoms with E-state index in [2.05, 4.69) is 10.3 Å². The highest BCUT2D eigenvalue weighted by atomic mass is 19.2. The molecular formula is C16H18F2N2. The third-order valence-electron chi connectivity index (χ3n) is 3.26. The van der Waals surface area contributed by atoms with Gasteiger partial charge in [0.1, 0.15) is 0 Å². The number of aryl methyl sites for hydroxylation is 2. The van der Waals surface area contributed by atoms with E-state index in [0.717, 1.165) is 29.6 Å². The lowest BCUT2D eigenvalue weighted by Crippen LogP contribution is -2.23. The Balaban J connectivity index is 2.47. The fraction of sp³-hybridized carbons (Fsp3) is 0.312. The Bertz CT molecular complexity index is 611. The maximum atomic E-state index is 13.4. The monoisotopic (exact) mass is 276 g/mol. The molecule has 20 heavy (non-hydrogen) atoms. The molecule has 0 bridgehead atoms. The van der Waals surface area contributed by atoms with Crippen molar-refractivity contribution in [3.8, 4) is 0 Å². The van der Waals surface area contributed by atoms with E-state index in [-0.39, 0.29) is 6.04 Å². The highest BCUT2D eigenvalue weighted by Crippen LogP contribution is 2.25. The van der Waals surface area contributed by atoms with Crippen molar-refractivity contribution in [3.05, 3.63) is 64.5 Å². The Morgan fingerprint density at radius 1 is 1.10 bits per heavy atom. The van der Waals surface area contributed by atoms with Gasteiger partial charge < -0.3 is 5.32 Å². The molecule has 1 heterocycles. The molecule has 0 amide bonds. The minimum absolute atomic E-state index is 0.191. The largest absolute Gasteiger partial charge is 0.306 e. The summed E-state index contributed by atoms with van der Waals surface area (Å²) in [4.78, 5) is 4.43. The molecule has 0 aliphatic carbocycles. The number of nitrogens with one attached hydrogen (secondary N) is 1. The molecule has 1 atom stereocenters. The van der Waals surface area contributed by atoms with Crippen molar-refractivity contribution < 1.29 is 8.78 Å². The summed E-state index contributed by atoms with van der Waals surface area (Å²) >= 11 is 0. The molecule has 0 saturated heterocycles. The first-order valence-corrected chi connectivity index (χ1v) is 6.65. The van der Waals surface area contributed by atoms with Crippen molar-refractivity contribution in [2.24, 2.45) is 0 Å². The molecule has 0 radical (unpaired) electrons. The fourth-order valence-electron chi connectivity index (χ4n) is 2.31. The quantitative estimate of drug-likeness (QED) is 0.921. The van der Waals surface area contributed by atoms with Gasteiger partial charge in [0.15, 0.2) is 11.6 Å². The van der Waals surface area contributed by atoms with Gasteiger partial charge in [-0.25, -0.2) is 8.78 Å². The summed E-state index contributed by atoms with van der Waals surface area (Å²) in [6.45, 7) is 6.55. The molecule has 1 N–H and O–H groups in total. The van der Waals surface area contributed by atoms with E-state index >= 15 is 0 Å². The minimum atomic E-state index is -0.831. The molecule has 0 saturated carbocycles. The van der Waals surface area contributed by atoms with E-state index in [1.807, 2.05) is 32.9 Å². The van der Waals surface area contributed by atoms with Crippen molar-refractivity contribution in [2.45, 2.75) is 26.8 Å². The lowest BCUT2D eigenvalue weighted by Gasteiger charge is -2.21. The second kappa shape index (κ2) is 6.09. The van der Waals surface area contributed by atoms with Gasteiger partial charge in [0.05, 0.1) is 6.04 Å². The van der Waals surface area contributed by atoms with Crippen LogP contribution in [0.1, 0.15) is 35.5 Å². The number of aromatic nitrogens is 1. The van der Waals surface area contributed by atoms with E-state index in [9.17, 15) is 8.78 Å². The SMILES string of the molecule is CCNC(c1ccc(F)c(F)c1)c1ccc(C)nc1C. The summed E-state index contributed by atoms with van der Waals surface area (Å²) < 4.78 is 26.5. The van der Waals surface area contributed by atoms with Gasteiger partial charge in [0.2, 0.25) is 0 Å². The van der Waals surface area contributed by atoms with E-state index in [1.165, 1.54) is 6.07 Å². The molecule has 4 heteroatoms. The predicted octanol–water partition coefficient (Wildman–Crippen LogP) is 3.68. The predicted molar refractivity (Wildman–Crippen MR) is 75.6 cm³/mol. The molecule has 2 nitrogen and oxygen atoms in total. The van der Waals surface area contributed by atoms with E-state index < -0.39 is 11.6 Å². The third-order valence-corrected chi connectivity index (χ3v) is 3.26. The van der Waals surface area contributed by atoms with Crippen molar-refractivity contribution in [3.63, 3.8) is 0 Å². The average Bonchev–Trinajstić information content (AvgIpc) is 2.40. The Morgan fingerprint density at radius 2 is 1.85 bits per heavy atom. The molecule has 0 aliphatic rings. The fourth-order valence-corrected chi connectivity index (χ4v) is 2.31. The van der Waals surface area contributed by atoms with Crippen LogP contribution in [0.2, 0.25) is 0 Å². The van der Waals surface area contributed by atoms with Gasteiger partial charge in [-0.15, -0.1) is 0 Å². The van der Waals surface area contributed by atoms with Gasteiger partial charge in [0.25, 0.3) is 0 Å². The molecular weight excluding hydrogens is 258 g/mol. The van der Waals surface area contributed by atoms with Crippen LogP contribution in [0.5, 0.6) is 0 Å². The zero-order chi connectivity index (χ0) is 14.7. The van der Waals surface area contributed by atoms with E-state index in [4.69, 9.17) is 0 Å². The van der Waals surface area contributed by atoms with E-state index in [0.29, 0.717) is 5.56 Å². The molecule has 0 spiro atoms. The first-order chi connectivity index (χ1) is 9.52. The molecule has 2 rings (SSSR count).